The number of carbonyl (C=O) groups excluding carboxylic acids is 5. The molecule has 0 radical (unpaired) electrons. The van der Waals surface area contributed by atoms with Gasteiger partial charge < -0.3 is 34.1 Å². The lowest BCUT2D eigenvalue weighted by atomic mass is 9.82. The van der Waals surface area contributed by atoms with E-state index in [-0.39, 0.29) is 55.0 Å². The number of ether oxygens (including phenoxy) is 2. The average molecular weight is 986 g/mol. The third kappa shape index (κ3) is 10.7. The number of hydrazine groups is 1. The Morgan fingerprint density at radius 1 is 1.00 bits per heavy atom. The molecule has 4 aliphatic rings. The maximum Gasteiger partial charge on any atom is 0.324 e. The summed E-state index contributed by atoms with van der Waals surface area (Å²) in [6.45, 7) is 19.4. The molecule has 386 valence electrons. The van der Waals surface area contributed by atoms with E-state index < -0.39 is 35.4 Å². The number of rotatable bonds is 12. The summed E-state index contributed by atoms with van der Waals surface area (Å²) in [4.78, 5) is 82.6. The number of fused-ring (bicyclic) bond motifs is 7. The number of hydrogen-bond acceptors (Lipinski definition) is 10. The maximum absolute atomic E-state index is 14.9. The summed E-state index contributed by atoms with van der Waals surface area (Å²) < 4.78 is 14.3. The van der Waals surface area contributed by atoms with E-state index in [0.29, 0.717) is 58.5 Å². The van der Waals surface area contributed by atoms with Gasteiger partial charge in [0.25, 0.3) is 5.91 Å². The van der Waals surface area contributed by atoms with Crippen LogP contribution in [0, 0.1) is 11.3 Å². The van der Waals surface area contributed by atoms with Crippen LogP contribution in [0.1, 0.15) is 90.2 Å². The SMILES string of the molecule is C=CC(=O)N(C)CCN1CCN(C(=O)N(C)[C@H](C(=O)N[C@H]2Cc3cccc(c3)-c3ccc4c(c3)c(c(-c3cccnc3[C@H](C)OC)n4CC)CC(C)(C)COC(=O)[C@@H]3CCCN(N3)C2=O)C(C)C)[C@@H]2CC[C@@H]21. The first-order chi connectivity index (χ1) is 34.4. The van der Waals surface area contributed by atoms with E-state index in [1.54, 1.807) is 32.3 Å². The lowest BCUT2D eigenvalue weighted by Gasteiger charge is -2.55. The van der Waals surface area contributed by atoms with Crippen LogP contribution in [0.3, 0.4) is 0 Å². The van der Waals surface area contributed by atoms with Crippen LogP contribution in [-0.4, -0.2) is 155 Å². The number of likely N-dealkylation sites (N-methyl/N-ethyl adjacent to an activating group) is 2. The molecule has 0 spiro atoms. The van der Waals surface area contributed by atoms with Crippen molar-refractivity contribution < 1.29 is 33.4 Å². The molecule has 6 atom stereocenters. The average Bonchev–Trinajstić information content (AvgIpc) is 3.67. The van der Waals surface area contributed by atoms with Gasteiger partial charge in [0, 0.05) is 107 Å². The predicted molar refractivity (Wildman–Crippen MR) is 278 cm³/mol. The number of methoxy groups -OCH3 is 1. The van der Waals surface area contributed by atoms with Crippen LogP contribution in [0.2, 0.25) is 0 Å². The number of piperazine rings is 1. The van der Waals surface area contributed by atoms with Gasteiger partial charge in [-0.1, -0.05) is 64.6 Å². The van der Waals surface area contributed by atoms with Gasteiger partial charge in [0.05, 0.1) is 24.1 Å². The fourth-order valence-corrected chi connectivity index (χ4v) is 11.4. The highest BCUT2D eigenvalue weighted by atomic mass is 16.5. The molecule has 2 N–H and O–H groups in total. The minimum atomic E-state index is -1.04. The summed E-state index contributed by atoms with van der Waals surface area (Å²) in [7, 11) is 5.14. The molecule has 3 aliphatic heterocycles. The number of nitrogens with one attached hydrogen (secondary N) is 2. The Labute approximate surface area is 425 Å². The molecule has 5 amide bonds. The van der Waals surface area contributed by atoms with Crippen LogP contribution in [0.5, 0.6) is 0 Å². The first kappa shape index (κ1) is 52.2. The fourth-order valence-electron chi connectivity index (χ4n) is 11.4. The molecule has 0 unspecified atom stereocenters. The molecule has 2 aromatic heterocycles. The number of aromatic nitrogens is 2. The van der Waals surface area contributed by atoms with Crippen molar-refractivity contribution in [3.63, 3.8) is 0 Å². The van der Waals surface area contributed by atoms with Gasteiger partial charge in [-0.15, -0.1) is 0 Å². The minimum absolute atomic E-state index is 0.00358. The second kappa shape index (κ2) is 21.9. The highest BCUT2D eigenvalue weighted by Crippen LogP contribution is 2.42. The Bertz CT molecular complexity index is 2680. The number of nitrogens with zero attached hydrogens (tertiary/aromatic N) is 7. The number of benzene rings is 2. The van der Waals surface area contributed by atoms with Crippen molar-refractivity contribution in [2.24, 2.45) is 11.3 Å². The van der Waals surface area contributed by atoms with E-state index in [4.69, 9.17) is 14.5 Å². The summed E-state index contributed by atoms with van der Waals surface area (Å²) in [5.41, 5.74) is 10.6. The van der Waals surface area contributed by atoms with E-state index >= 15 is 0 Å². The summed E-state index contributed by atoms with van der Waals surface area (Å²) in [6.07, 6.45) is 6.45. The number of aryl methyl sites for hydroxylation is 1. The maximum atomic E-state index is 14.9. The molecule has 2 saturated heterocycles. The highest BCUT2D eigenvalue weighted by molar-refractivity contribution is 5.96. The van der Waals surface area contributed by atoms with Crippen molar-refractivity contribution in [2.45, 2.75) is 123 Å². The van der Waals surface area contributed by atoms with Gasteiger partial charge in [-0.2, -0.15) is 0 Å². The number of esters is 1. The quantitative estimate of drug-likeness (QED) is 0.117. The lowest BCUT2D eigenvalue weighted by molar-refractivity contribution is -0.155. The smallest absolute Gasteiger partial charge is 0.324 e. The van der Waals surface area contributed by atoms with Crippen LogP contribution < -0.4 is 10.7 Å². The second-order valence-electron chi connectivity index (χ2n) is 21.3. The summed E-state index contributed by atoms with van der Waals surface area (Å²) in [5.74, 6) is -1.67. The number of carbonyl (C=O) groups is 5. The first-order valence-electron chi connectivity index (χ1n) is 25.9. The molecular formula is C56H75N9O7. The summed E-state index contributed by atoms with van der Waals surface area (Å²) in [6, 6.07) is 16.0. The number of amides is 5. The molecule has 2 aromatic carbocycles. The predicted octanol–water partition coefficient (Wildman–Crippen LogP) is 6.62. The van der Waals surface area contributed by atoms with Crippen molar-refractivity contribution in [1.82, 2.24) is 44.9 Å². The van der Waals surface area contributed by atoms with Crippen molar-refractivity contribution in [1.29, 1.82) is 0 Å². The van der Waals surface area contributed by atoms with Crippen molar-refractivity contribution in [3.05, 3.63) is 90.3 Å². The van der Waals surface area contributed by atoms with Gasteiger partial charge in [0.15, 0.2) is 0 Å². The lowest BCUT2D eigenvalue weighted by Crippen LogP contribution is -2.69. The number of urea groups is 1. The Morgan fingerprint density at radius 2 is 1.76 bits per heavy atom. The Morgan fingerprint density at radius 3 is 2.47 bits per heavy atom. The largest absolute Gasteiger partial charge is 0.464 e. The third-order valence-corrected chi connectivity index (χ3v) is 15.5. The molecule has 6 bridgehead atoms. The van der Waals surface area contributed by atoms with Crippen LogP contribution in [0.25, 0.3) is 33.3 Å². The van der Waals surface area contributed by atoms with Gasteiger partial charge in [-0.3, -0.25) is 34.1 Å². The Kier molecular flexibility index (Phi) is 15.9. The zero-order valence-corrected chi connectivity index (χ0v) is 43.8. The topological polar surface area (TPSA) is 162 Å². The molecule has 72 heavy (non-hydrogen) atoms. The molecule has 5 heterocycles. The monoisotopic (exact) mass is 986 g/mol. The highest BCUT2D eigenvalue weighted by Gasteiger charge is 2.47. The number of pyridine rings is 1. The normalized spacial score (nSPS) is 22.2. The zero-order chi connectivity index (χ0) is 51.6. The van der Waals surface area contributed by atoms with Crippen LogP contribution >= 0.6 is 0 Å². The van der Waals surface area contributed by atoms with E-state index in [2.05, 4.69) is 84.0 Å². The fraction of sp³-hybridized carbons (Fsp3) is 0.536. The van der Waals surface area contributed by atoms with Gasteiger partial charge in [0.1, 0.15) is 18.1 Å². The van der Waals surface area contributed by atoms with Crippen LogP contribution in [-0.2, 0) is 48.0 Å². The van der Waals surface area contributed by atoms with Crippen LogP contribution in [0.15, 0.2) is 73.4 Å². The minimum Gasteiger partial charge on any atom is -0.464 e. The van der Waals surface area contributed by atoms with Gasteiger partial charge in [-0.05, 0) is 104 Å². The van der Waals surface area contributed by atoms with Gasteiger partial charge >= 0.3 is 12.0 Å². The molecular weight excluding hydrogens is 911 g/mol. The second-order valence-corrected chi connectivity index (χ2v) is 21.3. The molecule has 4 aromatic rings. The molecule has 16 heteroatoms. The number of hydrogen-bond donors (Lipinski definition) is 2. The third-order valence-electron chi connectivity index (χ3n) is 15.5. The van der Waals surface area contributed by atoms with Gasteiger partial charge in [0.2, 0.25) is 11.8 Å². The number of cyclic esters (lactones) is 1. The van der Waals surface area contributed by atoms with Gasteiger partial charge in [-0.25, -0.2) is 10.2 Å². The molecule has 3 fully saturated rings. The molecule has 1 saturated carbocycles. The first-order valence-corrected chi connectivity index (χ1v) is 25.9. The summed E-state index contributed by atoms with van der Waals surface area (Å²) >= 11 is 0. The molecule has 8 rings (SSSR count). The van der Waals surface area contributed by atoms with E-state index in [1.807, 2.05) is 43.9 Å². The van der Waals surface area contributed by atoms with Crippen molar-refractivity contribution in [3.8, 4) is 22.4 Å². The molecule has 16 nitrogen and oxygen atoms in total. The van der Waals surface area contributed by atoms with E-state index in [1.165, 1.54) is 16.0 Å². The van der Waals surface area contributed by atoms with Crippen LogP contribution in [0.4, 0.5) is 4.79 Å². The summed E-state index contributed by atoms with van der Waals surface area (Å²) in [5, 5.41) is 5.67. The molecule has 1 aliphatic carbocycles. The van der Waals surface area contributed by atoms with E-state index in [9.17, 15) is 24.0 Å². The van der Waals surface area contributed by atoms with E-state index in [0.717, 1.165) is 62.9 Å². The van der Waals surface area contributed by atoms with Crippen molar-refractivity contribution in [2.75, 3.05) is 60.5 Å². The Balaban J connectivity index is 1.11. The zero-order valence-electron chi connectivity index (χ0n) is 43.8. The Hall–Kier alpha value is -6.10. The standard InChI is InChI=1S/C56H75N9O7/c1-11-48(66)60(8)26-27-62-28-29-64(47-23-22-46(47)62)55(70)61(9)50(35(3)4)52(67)58-44-31-37-16-13-17-38(30-37)39-20-21-45-41(32-39)42(51(63(45)12-2)40-18-14-24-57-49(40)36(5)71-10)33-56(6,7)34-72-54(69)43-19-15-25-65(59-43)53(44)68/h11,13-14,16-18,20-21,24,30,32,35-36,43-44,46-47,50,59H,1,12,15,19,22-23,25-29,31,33-34H2,2-10H3,(H,58,67)/t36-,43-,44-,46-,47+,50-/m0/s1. The van der Waals surface area contributed by atoms with Crippen molar-refractivity contribution >= 4 is 40.6 Å².